The van der Waals surface area contributed by atoms with Crippen molar-refractivity contribution in [3.8, 4) is 0 Å². The first-order valence-electron chi connectivity index (χ1n) is 6.51. The van der Waals surface area contributed by atoms with E-state index in [1.165, 1.54) is 24.8 Å². The second kappa shape index (κ2) is 4.99. The van der Waals surface area contributed by atoms with Crippen LogP contribution in [0.2, 0.25) is 5.02 Å². The highest BCUT2D eigenvalue weighted by Gasteiger charge is 2.35. The van der Waals surface area contributed by atoms with Gasteiger partial charge < -0.3 is 5.32 Å². The van der Waals surface area contributed by atoms with Crippen LogP contribution in [0.5, 0.6) is 0 Å². The van der Waals surface area contributed by atoms with Crippen molar-refractivity contribution in [1.82, 2.24) is 5.32 Å². The van der Waals surface area contributed by atoms with Crippen molar-refractivity contribution in [3.05, 3.63) is 34.9 Å². The van der Waals surface area contributed by atoms with Gasteiger partial charge in [-0.2, -0.15) is 0 Å². The minimum absolute atomic E-state index is 0.325. The number of rotatable bonds is 3. The van der Waals surface area contributed by atoms with E-state index in [1.54, 1.807) is 0 Å². The second-order valence-electron chi connectivity index (χ2n) is 5.84. The summed E-state index contributed by atoms with van der Waals surface area (Å²) >= 11 is 6.24. The van der Waals surface area contributed by atoms with Crippen molar-refractivity contribution in [1.29, 1.82) is 0 Å². The molecule has 1 nitrogen and oxygen atoms in total. The summed E-state index contributed by atoms with van der Waals surface area (Å²) in [6.07, 6.45) is 3.93. The molecular formula is C15H22ClN. The van der Waals surface area contributed by atoms with Crippen LogP contribution in [-0.4, -0.2) is 6.04 Å². The maximum Gasteiger partial charge on any atom is 0.0453 e. The average molecular weight is 252 g/mol. The number of hydrogen-bond acceptors (Lipinski definition) is 1. The number of benzene rings is 1. The van der Waals surface area contributed by atoms with Gasteiger partial charge in [0.1, 0.15) is 0 Å². The van der Waals surface area contributed by atoms with Crippen LogP contribution >= 0.6 is 11.6 Å². The molecule has 0 saturated heterocycles. The lowest BCUT2D eigenvalue weighted by Crippen LogP contribution is -2.39. The predicted molar refractivity (Wildman–Crippen MR) is 74.4 cm³/mol. The molecule has 1 aromatic rings. The van der Waals surface area contributed by atoms with E-state index in [9.17, 15) is 0 Å². The van der Waals surface area contributed by atoms with Gasteiger partial charge in [-0.3, -0.25) is 0 Å². The van der Waals surface area contributed by atoms with Gasteiger partial charge in [-0.25, -0.2) is 0 Å². The van der Waals surface area contributed by atoms with Gasteiger partial charge in [0.05, 0.1) is 0 Å². The van der Waals surface area contributed by atoms with Crippen molar-refractivity contribution in [2.24, 2.45) is 5.41 Å². The highest BCUT2D eigenvalue weighted by molar-refractivity contribution is 6.31. The van der Waals surface area contributed by atoms with Crippen LogP contribution in [0, 0.1) is 5.41 Å². The molecule has 1 aliphatic rings. The Labute approximate surface area is 110 Å². The van der Waals surface area contributed by atoms with E-state index in [1.807, 2.05) is 12.1 Å². The van der Waals surface area contributed by atoms with Crippen LogP contribution in [-0.2, 0) is 0 Å². The van der Waals surface area contributed by atoms with E-state index in [-0.39, 0.29) is 0 Å². The molecule has 1 N–H and O–H groups in total. The fraction of sp³-hybridized carbons (Fsp3) is 0.600. The molecule has 1 saturated carbocycles. The molecule has 2 atom stereocenters. The smallest absolute Gasteiger partial charge is 0.0453 e. The Kier molecular flexibility index (Phi) is 3.79. The molecule has 1 aromatic carbocycles. The largest absolute Gasteiger partial charge is 0.307 e. The average Bonchev–Trinajstić information content (AvgIpc) is 2.59. The third-order valence-corrected chi connectivity index (χ3v) is 4.42. The molecule has 1 fully saturated rings. The van der Waals surface area contributed by atoms with E-state index in [2.05, 4.69) is 38.2 Å². The van der Waals surface area contributed by atoms with Gasteiger partial charge >= 0.3 is 0 Å². The maximum absolute atomic E-state index is 6.24. The molecule has 1 aliphatic carbocycles. The van der Waals surface area contributed by atoms with E-state index in [4.69, 9.17) is 11.6 Å². The van der Waals surface area contributed by atoms with Crippen molar-refractivity contribution >= 4 is 11.6 Å². The molecule has 0 heterocycles. The molecule has 0 aromatic heterocycles. The zero-order chi connectivity index (χ0) is 12.5. The monoisotopic (exact) mass is 251 g/mol. The molecule has 0 aliphatic heterocycles. The summed E-state index contributed by atoms with van der Waals surface area (Å²) in [6, 6.07) is 9.05. The minimum atomic E-state index is 0.325. The van der Waals surface area contributed by atoms with Crippen LogP contribution in [0.25, 0.3) is 0 Å². The van der Waals surface area contributed by atoms with E-state index in [0.29, 0.717) is 17.5 Å². The molecule has 0 amide bonds. The zero-order valence-electron chi connectivity index (χ0n) is 11.0. The quantitative estimate of drug-likeness (QED) is 0.830. The first-order valence-corrected chi connectivity index (χ1v) is 6.89. The molecular weight excluding hydrogens is 230 g/mol. The van der Waals surface area contributed by atoms with Crippen molar-refractivity contribution < 1.29 is 0 Å². The Morgan fingerprint density at radius 1 is 1.35 bits per heavy atom. The fourth-order valence-corrected chi connectivity index (χ4v) is 3.15. The molecule has 94 valence electrons. The minimum Gasteiger partial charge on any atom is -0.307 e. The van der Waals surface area contributed by atoms with E-state index >= 15 is 0 Å². The first-order chi connectivity index (χ1) is 8.00. The number of hydrogen-bond donors (Lipinski definition) is 1. The summed E-state index contributed by atoms with van der Waals surface area (Å²) in [5.74, 6) is 0. The molecule has 17 heavy (non-hydrogen) atoms. The van der Waals surface area contributed by atoms with Crippen molar-refractivity contribution in [2.45, 2.75) is 52.1 Å². The standard InChI is InChI=1S/C15H22ClN/c1-11(12-7-4-5-8-13(12)16)17-14-9-6-10-15(14,2)3/h4-5,7-8,11,14,17H,6,9-10H2,1-3H3/t11-,14?/m1/s1. The second-order valence-corrected chi connectivity index (χ2v) is 6.25. The molecule has 0 radical (unpaired) electrons. The number of nitrogens with one attached hydrogen (secondary N) is 1. The summed E-state index contributed by atoms with van der Waals surface area (Å²) in [7, 11) is 0. The molecule has 2 heteroatoms. The van der Waals surface area contributed by atoms with Gasteiger partial charge in [-0.05, 0) is 36.8 Å². The highest BCUT2D eigenvalue weighted by atomic mass is 35.5. The van der Waals surface area contributed by atoms with E-state index < -0.39 is 0 Å². The molecule has 2 rings (SSSR count). The summed E-state index contributed by atoms with van der Waals surface area (Å²) in [5, 5.41) is 4.61. The topological polar surface area (TPSA) is 12.0 Å². The highest BCUT2D eigenvalue weighted by Crippen LogP contribution is 2.38. The van der Waals surface area contributed by atoms with E-state index in [0.717, 1.165) is 5.02 Å². The van der Waals surface area contributed by atoms with Crippen molar-refractivity contribution in [3.63, 3.8) is 0 Å². The fourth-order valence-electron chi connectivity index (χ4n) is 2.85. The summed E-state index contributed by atoms with van der Waals surface area (Å²) in [6.45, 7) is 6.92. The summed E-state index contributed by atoms with van der Waals surface area (Å²) in [4.78, 5) is 0. The third kappa shape index (κ3) is 2.83. The Bertz CT molecular complexity index is 386. The van der Waals surface area contributed by atoms with Gasteiger partial charge in [-0.1, -0.05) is 50.1 Å². The van der Waals surface area contributed by atoms with Crippen LogP contribution in [0.3, 0.4) is 0 Å². The van der Waals surface area contributed by atoms with Gasteiger partial charge in [0, 0.05) is 17.1 Å². The molecule has 0 bridgehead atoms. The third-order valence-electron chi connectivity index (χ3n) is 4.08. The predicted octanol–water partition coefficient (Wildman–Crippen LogP) is 4.57. The molecule has 1 unspecified atom stereocenters. The Hall–Kier alpha value is -0.530. The molecule has 0 spiro atoms. The Morgan fingerprint density at radius 2 is 2.06 bits per heavy atom. The van der Waals surface area contributed by atoms with Crippen LogP contribution in [0.4, 0.5) is 0 Å². The van der Waals surface area contributed by atoms with Gasteiger partial charge in [-0.15, -0.1) is 0 Å². The summed E-state index contributed by atoms with van der Waals surface area (Å²) < 4.78 is 0. The van der Waals surface area contributed by atoms with Crippen LogP contribution < -0.4 is 5.32 Å². The summed E-state index contributed by atoms with van der Waals surface area (Å²) in [5.41, 5.74) is 1.62. The lowest BCUT2D eigenvalue weighted by molar-refractivity contribution is 0.266. The Morgan fingerprint density at radius 3 is 2.65 bits per heavy atom. The maximum atomic E-state index is 6.24. The van der Waals surface area contributed by atoms with Gasteiger partial charge in [0.25, 0.3) is 0 Å². The van der Waals surface area contributed by atoms with Crippen LogP contribution in [0.15, 0.2) is 24.3 Å². The lowest BCUT2D eigenvalue weighted by Gasteiger charge is -2.31. The number of halogens is 1. The van der Waals surface area contributed by atoms with Crippen LogP contribution in [0.1, 0.15) is 51.6 Å². The zero-order valence-corrected chi connectivity index (χ0v) is 11.7. The Balaban J connectivity index is 2.07. The van der Waals surface area contributed by atoms with Gasteiger partial charge in [0.2, 0.25) is 0 Å². The lowest BCUT2D eigenvalue weighted by atomic mass is 9.86. The normalized spacial score (nSPS) is 24.8. The SMILES string of the molecule is C[C@@H](NC1CCCC1(C)C)c1ccccc1Cl. The first kappa shape index (κ1) is 12.9. The van der Waals surface area contributed by atoms with Crippen molar-refractivity contribution in [2.75, 3.05) is 0 Å². The van der Waals surface area contributed by atoms with Gasteiger partial charge in [0.15, 0.2) is 0 Å².